The van der Waals surface area contributed by atoms with Gasteiger partial charge in [-0.3, -0.25) is 24.0 Å². The van der Waals surface area contributed by atoms with Gasteiger partial charge >= 0.3 is 0 Å². The minimum atomic E-state index is -0.750. The topological polar surface area (TPSA) is 95.2 Å². The molecule has 6 rings (SSSR count). The molecule has 0 radical (unpaired) electrons. The summed E-state index contributed by atoms with van der Waals surface area (Å²) in [5.41, 5.74) is -0.134. The fraction of sp³-hybridized carbons (Fsp3) is 0.0645. The molecule has 0 aliphatic rings. The Morgan fingerprint density at radius 1 is 0.553 bits per heavy atom. The number of rotatable bonds is 4. The molecule has 184 valence electrons. The van der Waals surface area contributed by atoms with Crippen molar-refractivity contribution in [3.8, 4) is 11.4 Å². The number of nitrogens with zero attached hydrogens (tertiary/aromatic N) is 2. The Morgan fingerprint density at radius 2 is 1.03 bits per heavy atom. The zero-order valence-corrected chi connectivity index (χ0v) is 20.5. The van der Waals surface area contributed by atoms with Gasteiger partial charge in [-0.25, -0.2) is 9.13 Å². The molecule has 0 amide bonds. The fourth-order valence-electron chi connectivity index (χ4n) is 4.93. The van der Waals surface area contributed by atoms with E-state index < -0.39 is 28.0 Å². The second-order valence-corrected chi connectivity index (χ2v) is 9.35. The van der Waals surface area contributed by atoms with Gasteiger partial charge in [0.2, 0.25) is 0 Å². The zero-order valence-electron chi connectivity index (χ0n) is 20.5. The van der Waals surface area contributed by atoms with Crippen LogP contribution in [0, 0.1) is 13.8 Å². The largest absolute Gasteiger partial charge is 0.289 e. The summed E-state index contributed by atoms with van der Waals surface area (Å²) in [6.45, 7) is 3.75. The third-order valence-electron chi connectivity index (χ3n) is 6.88. The number of aromatic nitrogens is 2. The summed E-state index contributed by atoms with van der Waals surface area (Å²) in [6.07, 6.45) is 0. The molecular formula is C31H20N2O5. The monoisotopic (exact) mass is 500 g/mol. The maximum Gasteiger partial charge on any atom is 0.267 e. The third kappa shape index (κ3) is 3.33. The van der Waals surface area contributed by atoms with Gasteiger partial charge in [0.15, 0.2) is 5.78 Å². The number of carbonyl (C=O) groups excluding carboxylic acids is 1. The van der Waals surface area contributed by atoms with Gasteiger partial charge in [-0.15, -0.1) is 0 Å². The molecule has 4 aromatic carbocycles. The van der Waals surface area contributed by atoms with E-state index in [2.05, 4.69) is 0 Å². The normalized spacial score (nSPS) is 11.4. The summed E-state index contributed by atoms with van der Waals surface area (Å²) in [4.78, 5) is 68.5. The Bertz CT molecular complexity index is 2110. The van der Waals surface area contributed by atoms with E-state index in [0.29, 0.717) is 11.4 Å². The summed E-state index contributed by atoms with van der Waals surface area (Å²) in [6, 6.07) is 23.1. The Kier molecular flexibility index (Phi) is 5.17. The Hall–Kier alpha value is -5.17. The van der Waals surface area contributed by atoms with Crippen LogP contribution in [0.25, 0.3) is 32.9 Å². The highest BCUT2D eigenvalue weighted by atomic mass is 16.2. The number of hydrogen-bond acceptors (Lipinski definition) is 5. The number of benzene rings is 4. The summed E-state index contributed by atoms with van der Waals surface area (Å²) >= 11 is 0. The van der Waals surface area contributed by atoms with Crippen molar-refractivity contribution >= 4 is 27.3 Å². The van der Waals surface area contributed by atoms with Gasteiger partial charge in [-0.2, -0.15) is 0 Å². The second-order valence-electron chi connectivity index (χ2n) is 9.35. The van der Waals surface area contributed by atoms with Crippen LogP contribution < -0.4 is 22.2 Å². The first-order chi connectivity index (χ1) is 18.3. The standard InChI is InChI=1S/C31H20N2O5/c1-17-8-12-20(13-9-17)32-28(35)23-16-22(27(34)19-6-4-3-5-7-19)24-26(25(23)30(32)37)31(38)33(29(24)36)21-14-10-18(2)11-15-21/h3-16H,1-2H3. The zero-order chi connectivity index (χ0) is 26.7. The maximum atomic E-state index is 13.8. The van der Waals surface area contributed by atoms with Crippen molar-refractivity contribution in [3.63, 3.8) is 0 Å². The van der Waals surface area contributed by atoms with Crippen LogP contribution in [-0.4, -0.2) is 14.9 Å². The Morgan fingerprint density at radius 3 is 1.58 bits per heavy atom. The first-order valence-electron chi connectivity index (χ1n) is 12.0. The predicted molar refractivity (Wildman–Crippen MR) is 147 cm³/mol. The van der Waals surface area contributed by atoms with Crippen LogP contribution in [0.3, 0.4) is 0 Å². The van der Waals surface area contributed by atoms with Crippen LogP contribution in [0.15, 0.2) is 104 Å². The second kappa shape index (κ2) is 8.45. The van der Waals surface area contributed by atoms with Crippen molar-refractivity contribution < 1.29 is 4.79 Å². The summed E-state index contributed by atoms with van der Waals surface area (Å²) < 4.78 is 1.94. The van der Waals surface area contributed by atoms with Crippen molar-refractivity contribution in [2.75, 3.05) is 0 Å². The van der Waals surface area contributed by atoms with E-state index in [4.69, 9.17) is 0 Å². The molecule has 2 heterocycles. The number of carbonyl (C=O) groups is 1. The van der Waals surface area contributed by atoms with Gasteiger partial charge in [0.1, 0.15) is 0 Å². The van der Waals surface area contributed by atoms with Gasteiger partial charge in [0, 0.05) is 11.1 Å². The molecule has 2 aromatic heterocycles. The lowest BCUT2D eigenvalue weighted by Crippen LogP contribution is -2.24. The molecule has 0 N–H and O–H groups in total. The lowest BCUT2D eigenvalue weighted by Gasteiger charge is -2.03. The fourth-order valence-corrected chi connectivity index (χ4v) is 4.93. The van der Waals surface area contributed by atoms with Crippen LogP contribution in [0.2, 0.25) is 0 Å². The molecule has 0 aliphatic carbocycles. The Balaban J connectivity index is 1.80. The number of hydrogen-bond donors (Lipinski definition) is 0. The molecule has 6 aromatic rings. The molecular weight excluding hydrogens is 480 g/mol. The highest BCUT2D eigenvalue weighted by Gasteiger charge is 2.28. The van der Waals surface area contributed by atoms with Gasteiger partial charge in [-0.1, -0.05) is 65.7 Å². The summed E-state index contributed by atoms with van der Waals surface area (Å²) in [7, 11) is 0. The highest BCUT2D eigenvalue weighted by molar-refractivity contribution is 6.22. The molecule has 0 saturated carbocycles. The first-order valence-corrected chi connectivity index (χ1v) is 12.0. The SMILES string of the molecule is Cc1ccc(-n2c(=O)c3cc(C(=O)c4ccccc4)c4c(=O)n(-c5ccc(C)cc5)c(=O)c4c3c2=O)cc1. The van der Waals surface area contributed by atoms with E-state index in [1.165, 1.54) is 6.07 Å². The van der Waals surface area contributed by atoms with Gasteiger partial charge in [-0.05, 0) is 44.2 Å². The van der Waals surface area contributed by atoms with Crippen LogP contribution in [-0.2, 0) is 0 Å². The molecule has 38 heavy (non-hydrogen) atoms. The average Bonchev–Trinajstić information content (AvgIpc) is 3.33. The van der Waals surface area contributed by atoms with Crippen LogP contribution in [0.1, 0.15) is 27.0 Å². The molecule has 0 aliphatic heterocycles. The van der Waals surface area contributed by atoms with Gasteiger partial charge in [0.05, 0.1) is 32.9 Å². The van der Waals surface area contributed by atoms with Crippen LogP contribution >= 0.6 is 0 Å². The molecule has 7 nitrogen and oxygen atoms in total. The molecule has 0 bridgehead atoms. The van der Waals surface area contributed by atoms with Crippen molar-refractivity contribution in [3.05, 3.63) is 149 Å². The lowest BCUT2D eigenvalue weighted by atomic mass is 9.96. The molecule has 0 unspecified atom stereocenters. The van der Waals surface area contributed by atoms with E-state index in [9.17, 15) is 24.0 Å². The Labute approximate surface area is 215 Å². The molecule has 0 fully saturated rings. The number of fused-ring (bicyclic) bond motifs is 3. The van der Waals surface area contributed by atoms with E-state index in [1.54, 1.807) is 78.9 Å². The van der Waals surface area contributed by atoms with Crippen LogP contribution in [0.4, 0.5) is 0 Å². The van der Waals surface area contributed by atoms with Crippen molar-refractivity contribution in [1.82, 2.24) is 9.13 Å². The van der Waals surface area contributed by atoms with Crippen molar-refractivity contribution in [2.24, 2.45) is 0 Å². The van der Waals surface area contributed by atoms with Crippen molar-refractivity contribution in [2.45, 2.75) is 13.8 Å². The van der Waals surface area contributed by atoms with E-state index >= 15 is 0 Å². The van der Waals surface area contributed by atoms with Gasteiger partial charge < -0.3 is 0 Å². The summed E-state index contributed by atoms with van der Waals surface area (Å²) in [5.74, 6) is -0.523. The number of aryl methyl sites for hydroxylation is 2. The minimum absolute atomic E-state index is 0.0829. The minimum Gasteiger partial charge on any atom is -0.289 e. The quantitative estimate of drug-likeness (QED) is 0.344. The molecule has 7 heteroatoms. The predicted octanol–water partition coefficient (Wildman–Crippen LogP) is 3.74. The molecule has 0 spiro atoms. The van der Waals surface area contributed by atoms with E-state index in [1.807, 2.05) is 13.8 Å². The van der Waals surface area contributed by atoms with Crippen LogP contribution in [0.5, 0.6) is 0 Å². The van der Waals surface area contributed by atoms with E-state index in [-0.39, 0.29) is 32.7 Å². The first kappa shape index (κ1) is 23.2. The van der Waals surface area contributed by atoms with E-state index in [0.717, 1.165) is 20.3 Å². The number of ketones is 1. The third-order valence-corrected chi connectivity index (χ3v) is 6.88. The lowest BCUT2D eigenvalue weighted by molar-refractivity contribution is 0.104. The maximum absolute atomic E-state index is 13.8. The summed E-state index contributed by atoms with van der Waals surface area (Å²) in [5, 5.41) is -0.640. The molecule has 0 saturated heterocycles. The average molecular weight is 501 g/mol. The van der Waals surface area contributed by atoms with Crippen molar-refractivity contribution in [1.29, 1.82) is 0 Å². The van der Waals surface area contributed by atoms with Gasteiger partial charge in [0.25, 0.3) is 22.2 Å². The smallest absolute Gasteiger partial charge is 0.267 e. The molecule has 0 atom stereocenters. The highest BCUT2D eigenvalue weighted by Crippen LogP contribution is 2.25.